The Morgan fingerprint density at radius 1 is 1.04 bits per heavy atom. The molecule has 0 saturated carbocycles. The summed E-state index contributed by atoms with van der Waals surface area (Å²) >= 11 is 3.42. The van der Waals surface area contributed by atoms with Gasteiger partial charge in [-0.1, -0.05) is 34.1 Å². The van der Waals surface area contributed by atoms with Crippen LogP contribution in [0.2, 0.25) is 0 Å². The van der Waals surface area contributed by atoms with Crippen LogP contribution in [0.3, 0.4) is 0 Å². The molecule has 8 heteroatoms. The lowest BCUT2D eigenvalue weighted by Crippen LogP contribution is -2.37. The Morgan fingerprint density at radius 3 is 2.61 bits per heavy atom. The van der Waals surface area contributed by atoms with Crippen molar-refractivity contribution in [2.75, 3.05) is 5.32 Å². The molecule has 0 spiro atoms. The van der Waals surface area contributed by atoms with Crippen LogP contribution in [0.15, 0.2) is 80.9 Å². The van der Waals surface area contributed by atoms with E-state index in [-0.39, 0.29) is 6.54 Å². The number of nitrogens with zero attached hydrogens (tertiary/aromatic N) is 1. The quantitative estimate of drug-likeness (QED) is 0.310. The van der Waals surface area contributed by atoms with E-state index in [0.29, 0.717) is 5.76 Å². The summed E-state index contributed by atoms with van der Waals surface area (Å²) in [5.41, 5.74) is 4.67. The number of para-hydroxylation sites is 1. The van der Waals surface area contributed by atoms with Crippen LogP contribution in [-0.2, 0) is 16.1 Å². The van der Waals surface area contributed by atoms with E-state index in [1.54, 1.807) is 12.1 Å². The molecule has 3 aromatic rings. The van der Waals surface area contributed by atoms with Gasteiger partial charge in [0.25, 0.3) is 0 Å². The molecule has 0 atom stereocenters. The number of rotatable bonds is 6. The maximum Gasteiger partial charge on any atom is 0.329 e. The normalized spacial score (nSPS) is 10.6. The number of amides is 2. The van der Waals surface area contributed by atoms with Crippen molar-refractivity contribution in [2.24, 2.45) is 5.10 Å². The summed E-state index contributed by atoms with van der Waals surface area (Å²) in [6, 6.07) is 18.7. The van der Waals surface area contributed by atoms with Gasteiger partial charge in [0.2, 0.25) is 0 Å². The van der Waals surface area contributed by atoms with Gasteiger partial charge in [0.1, 0.15) is 5.76 Å². The molecule has 3 N–H and O–H groups in total. The van der Waals surface area contributed by atoms with Crippen molar-refractivity contribution < 1.29 is 14.0 Å². The third kappa shape index (κ3) is 5.55. The molecule has 0 bridgehead atoms. The Kier molecular flexibility index (Phi) is 6.59. The molecule has 28 heavy (non-hydrogen) atoms. The van der Waals surface area contributed by atoms with Crippen molar-refractivity contribution in [1.82, 2.24) is 10.7 Å². The van der Waals surface area contributed by atoms with Gasteiger partial charge in [-0.25, -0.2) is 5.43 Å². The summed E-state index contributed by atoms with van der Waals surface area (Å²) in [4.78, 5) is 23.6. The molecule has 0 radical (unpaired) electrons. The Hall–Kier alpha value is -3.39. The number of hydrazone groups is 1. The van der Waals surface area contributed by atoms with Gasteiger partial charge in [0, 0.05) is 21.4 Å². The molecule has 7 nitrogen and oxygen atoms in total. The fourth-order valence-corrected chi connectivity index (χ4v) is 2.68. The van der Waals surface area contributed by atoms with Crippen molar-refractivity contribution in [1.29, 1.82) is 0 Å². The van der Waals surface area contributed by atoms with E-state index in [0.717, 1.165) is 21.4 Å². The van der Waals surface area contributed by atoms with Crippen molar-refractivity contribution in [3.8, 4) is 0 Å². The van der Waals surface area contributed by atoms with Gasteiger partial charge in [-0.3, -0.25) is 9.59 Å². The topological polar surface area (TPSA) is 95.7 Å². The molecular weight excluding hydrogens is 424 g/mol. The number of furan rings is 1. The first-order valence-corrected chi connectivity index (χ1v) is 9.16. The number of nitrogens with one attached hydrogen (secondary N) is 3. The summed E-state index contributed by atoms with van der Waals surface area (Å²) in [5, 5.41) is 9.61. The molecule has 0 fully saturated rings. The van der Waals surface area contributed by atoms with Gasteiger partial charge in [0.05, 0.1) is 19.0 Å². The van der Waals surface area contributed by atoms with Crippen LogP contribution >= 0.6 is 15.9 Å². The molecule has 2 aromatic carbocycles. The monoisotopic (exact) mass is 440 g/mol. The molecule has 0 unspecified atom stereocenters. The molecule has 0 saturated heterocycles. The highest BCUT2D eigenvalue weighted by molar-refractivity contribution is 9.10. The second-order valence-electron chi connectivity index (χ2n) is 5.68. The highest BCUT2D eigenvalue weighted by atomic mass is 79.9. The zero-order chi connectivity index (χ0) is 19.8. The molecule has 2 amide bonds. The molecule has 142 valence electrons. The SMILES string of the molecule is O=C(NCc1ccco1)C(=O)N/N=C\c1cc(Br)ccc1Nc1ccccc1. The minimum absolute atomic E-state index is 0.125. The number of halogens is 1. The van der Waals surface area contributed by atoms with Crippen LogP contribution in [0.25, 0.3) is 0 Å². The van der Waals surface area contributed by atoms with E-state index in [1.165, 1.54) is 12.5 Å². The standard InChI is InChI=1S/C20H17BrN4O3/c21-15-8-9-18(24-16-5-2-1-3-6-16)14(11-15)12-23-25-20(27)19(26)22-13-17-7-4-10-28-17/h1-12,24H,13H2,(H,22,26)(H,25,27)/b23-12-. The van der Waals surface area contributed by atoms with Gasteiger partial charge in [-0.2, -0.15) is 5.10 Å². The largest absolute Gasteiger partial charge is 0.467 e. The van der Waals surface area contributed by atoms with Crippen LogP contribution in [-0.4, -0.2) is 18.0 Å². The molecular formula is C20H17BrN4O3. The summed E-state index contributed by atoms with van der Waals surface area (Å²) in [7, 11) is 0. The smallest absolute Gasteiger partial charge is 0.329 e. The molecule has 0 aliphatic rings. The van der Waals surface area contributed by atoms with Crippen LogP contribution < -0.4 is 16.1 Å². The van der Waals surface area contributed by atoms with Crippen molar-refractivity contribution in [2.45, 2.75) is 6.54 Å². The highest BCUT2D eigenvalue weighted by Gasteiger charge is 2.12. The summed E-state index contributed by atoms with van der Waals surface area (Å²) in [5.74, 6) is -1.11. The lowest BCUT2D eigenvalue weighted by atomic mass is 10.2. The van der Waals surface area contributed by atoms with Crippen molar-refractivity contribution in [3.05, 3.63) is 82.7 Å². The van der Waals surface area contributed by atoms with E-state index in [4.69, 9.17) is 4.42 Å². The van der Waals surface area contributed by atoms with E-state index in [1.807, 2.05) is 48.5 Å². The zero-order valence-electron chi connectivity index (χ0n) is 14.7. The molecule has 3 rings (SSSR count). The Bertz CT molecular complexity index is 972. The second kappa shape index (κ2) is 9.52. The number of hydrogen-bond acceptors (Lipinski definition) is 5. The Morgan fingerprint density at radius 2 is 1.86 bits per heavy atom. The third-order valence-corrected chi connectivity index (χ3v) is 4.14. The predicted molar refractivity (Wildman–Crippen MR) is 110 cm³/mol. The minimum atomic E-state index is -0.865. The summed E-state index contributed by atoms with van der Waals surface area (Å²) < 4.78 is 5.94. The molecule has 1 heterocycles. The summed E-state index contributed by atoms with van der Waals surface area (Å²) in [6.07, 6.45) is 2.96. The lowest BCUT2D eigenvalue weighted by molar-refractivity contribution is -0.139. The maximum atomic E-state index is 11.8. The Balaban J connectivity index is 1.60. The predicted octanol–water partition coefficient (Wildman–Crippen LogP) is 3.55. The van der Waals surface area contributed by atoms with Crippen LogP contribution in [0.4, 0.5) is 11.4 Å². The number of anilines is 2. The zero-order valence-corrected chi connectivity index (χ0v) is 16.3. The first-order chi connectivity index (χ1) is 13.6. The fourth-order valence-electron chi connectivity index (χ4n) is 2.30. The van der Waals surface area contributed by atoms with Gasteiger partial charge in [0.15, 0.2) is 0 Å². The van der Waals surface area contributed by atoms with Gasteiger partial charge in [-0.05, 0) is 42.5 Å². The first-order valence-electron chi connectivity index (χ1n) is 8.37. The van der Waals surface area contributed by atoms with E-state index in [2.05, 4.69) is 37.1 Å². The van der Waals surface area contributed by atoms with Crippen LogP contribution in [0, 0.1) is 0 Å². The van der Waals surface area contributed by atoms with Crippen LogP contribution in [0.1, 0.15) is 11.3 Å². The third-order valence-electron chi connectivity index (χ3n) is 3.65. The van der Waals surface area contributed by atoms with Crippen molar-refractivity contribution >= 4 is 45.3 Å². The maximum absolute atomic E-state index is 11.8. The molecule has 0 aliphatic heterocycles. The average Bonchev–Trinajstić information content (AvgIpc) is 3.22. The highest BCUT2D eigenvalue weighted by Crippen LogP contribution is 2.23. The Labute approximate surface area is 170 Å². The average molecular weight is 441 g/mol. The molecule has 0 aliphatic carbocycles. The number of carbonyl (C=O) groups excluding carboxylic acids is 2. The van der Waals surface area contributed by atoms with Crippen molar-refractivity contribution in [3.63, 3.8) is 0 Å². The van der Waals surface area contributed by atoms with E-state index in [9.17, 15) is 9.59 Å². The number of hydrogen-bond donors (Lipinski definition) is 3. The van der Waals surface area contributed by atoms with Gasteiger partial charge in [-0.15, -0.1) is 0 Å². The second-order valence-corrected chi connectivity index (χ2v) is 6.60. The van der Waals surface area contributed by atoms with Gasteiger partial charge >= 0.3 is 11.8 Å². The first kappa shape index (κ1) is 19.4. The minimum Gasteiger partial charge on any atom is -0.467 e. The lowest BCUT2D eigenvalue weighted by Gasteiger charge is -2.10. The van der Waals surface area contributed by atoms with E-state index < -0.39 is 11.8 Å². The van der Waals surface area contributed by atoms with Crippen LogP contribution in [0.5, 0.6) is 0 Å². The molecule has 1 aromatic heterocycles. The van der Waals surface area contributed by atoms with E-state index >= 15 is 0 Å². The van der Waals surface area contributed by atoms with Gasteiger partial charge < -0.3 is 15.1 Å². The fraction of sp³-hybridized carbons (Fsp3) is 0.0500. The number of carbonyl (C=O) groups is 2. The number of benzene rings is 2. The summed E-state index contributed by atoms with van der Waals surface area (Å²) in [6.45, 7) is 0.125.